The molecule has 8 nitrogen and oxygen atoms in total. The molecule has 10 heteroatoms. The number of ether oxygens (including phenoxy) is 1. The molecule has 0 unspecified atom stereocenters. The third-order valence-electron chi connectivity index (χ3n) is 5.48. The highest BCUT2D eigenvalue weighted by Gasteiger charge is 2.24. The van der Waals surface area contributed by atoms with Crippen LogP contribution in [0.1, 0.15) is 47.8 Å². The average molecular weight is 479 g/mol. The van der Waals surface area contributed by atoms with Gasteiger partial charge in [0.2, 0.25) is 0 Å². The molecule has 3 rings (SSSR count). The Labute approximate surface area is 196 Å². The summed E-state index contributed by atoms with van der Waals surface area (Å²) < 4.78 is 19.5. The van der Waals surface area contributed by atoms with Gasteiger partial charge in [0.25, 0.3) is 5.91 Å². The highest BCUT2D eigenvalue weighted by Crippen LogP contribution is 2.21. The first-order chi connectivity index (χ1) is 15.8. The van der Waals surface area contributed by atoms with Crippen molar-refractivity contribution in [3.8, 4) is 0 Å². The van der Waals surface area contributed by atoms with Crippen molar-refractivity contribution in [2.45, 2.75) is 45.1 Å². The van der Waals surface area contributed by atoms with E-state index in [1.807, 2.05) is 0 Å². The van der Waals surface area contributed by atoms with E-state index < -0.39 is 29.3 Å². The van der Waals surface area contributed by atoms with Crippen LogP contribution in [0.15, 0.2) is 24.5 Å². The predicted molar refractivity (Wildman–Crippen MR) is 122 cm³/mol. The standard InChI is InChI=1S/C23H28ClFN4O4/c1-14(4-6-16-7-5-15-3-2-9-27-21(15)28-16)13-33-10-8-19(23(31)32)29-22(30)20-17(24)11-26-12-18(20)25/h5,7,11-12,14,19H,2-4,6,8-10,13H2,1H3,(H,27,28)(H,29,30)(H,31,32)/t14-,19-/m0/s1. The van der Waals surface area contributed by atoms with Crippen molar-refractivity contribution in [3.63, 3.8) is 0 Å². The Morgan fingerprint density at radius 2 is 2.15 bits per heavy atom. The number of carboxylic acids is 1. The Hall–Kier alpha value is -2.78. The van der Waals surface area contributed by atoms with Crippen molar-refractivity contribution in [2.24, 2.45) is 5.92 Å². The van der Waals surface area contributed by atoms with Gasteiger partial charge in [-0.2, -0.15) is 0 Å². The molecule has 0 aromatic carbocycles. The number of hydrogen-bond acceptors (Lipinski definition) is 6. The number of nitrogens with zero attached hydrogens (tertiary/aromatic N) is 2. The summed E-state index contributed by atoms with van der Waals surface area (Å²) >= 11 is 5.81. The molecular weight excluding hydrogens is 451 g/mol. The van der Waals surface area contributed by atoms with E-state index in [9.17, 15) is 19.1 Å². The topological polar surface area (TPSA) is 113 Å². The summed E-state index contributed by atoms with van der Waals surface area (Å²) in [6, 6.07) is 2.97. The summed E-state index contributed by atoms with van der Waals surface area (Å²) in [6.07, 6.45) is 5.89. The molecule has 0 radical (unpaired) electrons. The summed E-state index contributed by atoms with van der Waals surface area (Å²) in [6.45, 7) is 3.60. The number of carbonyl (C=O) groups is 2. The van der Waals surface area contributed by atoms with E-state index in [0.29, 0.717) is 6.61 Å². The Morgan fingerprint density at radius 1 is 1.33 bits per heavy atom. The zero-order chi connectivity index (χ0) is 23.8. The molecule has 178 valence electrons. The van der Waals surface area contributed by atoms with Gasteiger partial charge in [-0.15, -0.1) is 0 Å². The second-order valence-corrected chi connectivity index (χ2v) is 8.60. The predicted octanol–water partition coefficient (Wildman–Crippen LogP) is 3.49. The molecule has 2 atom stereocenters. The molecule has 2 aromatic heterocycles. The highest BCUT2D eigenvalue weighted by molar-refractivity contribution is 6.33. The van der Waals surface area contributed by atoms with Crippen molar-refractivity contribution in [1.82, 2.24) is 15.3 Å². The van der Waals surface area contributed by atoms with E-state index in [-0.39, 0.29) is 24.0 Å². The number of rotatable bonds is 11. The Bertz CT molecular complexity index is 971. The number of pyridine rings is 2. The second-order valence-electron chi connectivity index (χ2n) is 8.19. The molecule has 33 heavy (non-hydrogen) atoms. The lowest BCUT2D eigenvalue weighted by Gasteiger charge is -2.18. The fourth-order valence-corrected chi connectivity index (χ4v) is 3.82. The number of halogens is 2. The van der Waals surface area contributed by atoms with Crippen LogP contribution in [-0.4, -0.2) is 52.8 Å². The van der Waals surface area contributed by atoms with E-state index in [2.05, 4.69) is 34.7 Å². The van der Waals surface area contributed by atoms with Gasteiger partial charge in [0, 0.05) is 38.1 Å². The van der Waals surface area contributed by atoms with Gasteiger partial charge in [-0.25, -0.2) is 14.2 Å². The average Bonchev–Trinajstić information content (AvgIpc) is 2.79. The summed E-state index contributed by atoms with van der Waals surface area (Å²) in [4.78, 5) is 32.0. The molecule has 0 saturated heterocycles. The van der Waals surface area contributed by atoms with Crippen LogP contribution in [0.2, 0.25) is 5.02 Å². The smallest absolute Gasteiger partial charge is 0.326 e. The number of carboxylic acid groups (broad SMARTS) is 1. The zero-order valence-electron chi connectivity index (χ0n) is 18.4. The second kappa shape index (κ2) is 11.9. The number of aryl methyl sites for hydroxylation is 2. The third kappa shape index (κ3) is 7.10. The summed E-state index contributed by atoms with van der Waals surface area (Å²) in [5.74, 6) is -1.83. The Kier molecular flexibility index (Phi) is 8.96. The molecule has 0 fully saturated rings. The molecule has 2 aromatic rings. The molecule has 1 aliphatic rings. The largest absolute Gasteiger partial charge is 0.480 e. The van der Waals surface area contributed by atoms with Gasteiger partial charge in [-0.1, -0.05) is 24.6 Å². The van der Waals surface area contributed by atoms with Crippen LogP contribution in [0.25, 0.3) is 0 Å². The van der Waals surface area contributed by atoms with Crippen LogP contribution in [0, 0.1) is 11.7 Å². The molecule has 0 spiro atoms. The van der Waals surface area contributed by atoms with Crippen LogP contribution in [0.5, 0.6) is 0 Å². The van der Waals surface area contributed by atoms with Crippen molar-refractivity contribution in [3.05, 3.63) is 52.2 Å². The van der Waals surface area contributed by atoms with E-state index >= 15 is 0 Å². The maximum absolute atomic E-state index is 13.8. The molecule has 1 amide bonds. The molecule has 3 heterocycles. The fourth-order valence-electron chi connectivity index (χ4n) is 3.59. The minimum atomic E-state index is -1.24. The number of carbonyl (C=O) groups excluding carboxylic acids is 1. The summed E-state index contributed by atoms with van der Waals surface area (Å²) in [5.41, 5.74) is 1.86. The normalized spacial score (nSPS) is 14.6. The Balaban J connectivity index is 1.40. The minimum absolute atomic E-state index is 0.0379. The quantitative estimate of drug-likeness (QED) is 0.423. The van der Waals surface area contributed by atoms with Crippen LogP contribution in [-0.2, 0) is 22.4 Å². The van der Waals surface area contributed by atoms with Gasteiger partial charge >= 0.3 is 5.97 Å². The third-order valence-corrected chi connectivity index (χ3v) is 5.77. The van der Waals surface area contributed by atoms with Gasteiger partial charge < -0.3 is 20.5 Å². The molecule has 0 aliphatic carbocycles. The first-order valence-electron chi connectivity index (χ1n) is 11.0. The lowest BCUT2D eigenvalue weighted by Crippen LogP contribution is -2.42. The van der Waals surface area contributed by atoms with E-state index in [0.717, 1.165) is 56.1 Å². The molecule has 3 N–H and O–H groups in total. The Morgan fingerprint density at radius 3 is 2.91 bits per heavy atom. The van der Waals surface area contributed by atoms with Crippen molar-refractivity contribution in [2.75, 3.05) is 25.1 Å². The number of aliphatic carboxylic acids is 1. The number of hydrogen-bond donors (Lipinski definition) is 3. The lowest BCUT2D eigenvalue weighted by molar-refractivity contribution is -0.139. The SMILES string of the molecule is C[C@@H](CCc1ccc2c(n1)NCCC2)COCC[C@H](NC(=O)c1c(F)cncc1Cl)C(=O)O. The first-order valence-corrected chi connectivity index (χ1v) is 11.4. The zero-order valence-corrected chi connectivity index (χ0v) is 19.2. The molecular formula is C23H28ClFN4O4. The number of aromatic nitrogens is 2. The number of amides is 1. The lowest BCUT2D eigenvalue weighted by atomic mass is 10.0. The molecule has 0 saturated carbocycles. The van der Waals surface area contributed by atoms with Crippen molar-refractivity contribution >= 4 is 29.3 Å². The van der Waals surface area contributed by atoms with Crippen molar-refractivity contribution in [1.29, 1.82) is 0 Å². The molecule has 0 bridgehead atoms. The molecule has 1 aliphatic heterocycles. The number of nitrogens with one attached hydrogen (secondary N) is 2. The van der Waals surface area contributed by atoms with Crippen LogP contribution in [0.4, 0.5) is 10.2 Å². The fraction of sp³-hybridized carbons (Fsp3) is 0.478. The van der Waals surface area contributed by atoms with E-state index in [1.54, 1.807) is 0 Å². The number of anilines is 1. The van der Waals surface area contributed by atoms with Gasteiger partial charge in [-0.05, 0) is 43.2 Å². The van der Waals surface area contributed by atoms with Crippen LogP contribution in [0.3, 0.4) is 0 Å². The van der Waals surface area contributed by atoms with Crippen LogP contribution < -0.4 is 10.6 Å². The highest BCUT2D eigenvalue weighted by atomic mass is 35.5. The maximum atomic E-state index is 13.8. The van der Waals surface area contributed by atoms with Gasteiger partial charge in [0.1, 0.15) is 11.9 Å². The number of fused-ring (bicyclic) bond motifs is 1. The summed E-state index contributed by atoms with van der Waals surface area (Å²) in [7, 11) is 0. The van der Waals surface area contributed by atoms with Gasteiger partial charge in [0.05, 0.1) is 16.8 Å². The van der Waals surface area contributed by atoms with Gasteiger partial charge in [0.15, 0.2) is 5.82 Å². The van der Waals surface area contributed by atoms with E-state index in [1.165, 1.54) is 5.56 Å². The van der Waals surface area contributed by atoms with Crippen molar-refractivity contribution < 1.29 is 23.8 Å². The van der Waals surface area contributed by atoms with Gasteiger partial charge in [-0.3, -0.25) is 9.78 Å². The van der Waals surface area contributed by atoms with Crippen LogP contribution >= 0.6 is 11.6 Å². The minimum Gasteiger partial charge on any atom is -0.480 e. The maximum Gasteiger partial charge on any atom is 0.326 e. The monoisotopic (exact) mass is 478 g/mol. The summed E-state index contributed by atoms with van der Waals surface area (Å²) in [5, 5.41) is 14.8. The first kappa shape index (κ1) is 24.9. The van der Waals surface area contributed by atoms with E-state index in [4.69, 9.17) is 21.3 Å².